The summed E-state index contributed by atoms with van der Waals surface area (Å²) < 4.78 is 5.05. The molecule has 0 saturated carbocycles. The number of nitrogens with one attached hydrogen (secondary N) is 2. The number of benzene rings is 1. The quantitative estimate of drug-likeness (QED) is 0.809. The van der Waals surface area contributed by atoms with E-state index in [1.807, 2.05) is 24.3 Å². The SMILES string of the molecule is COc1ccc(CCNC(=O)NC(=O)C(C)Cl)cc1. The first-order chi connectivity index (χ1) is 9.02. The van der Waals surface area contributed by atoms with E-state index in [1.54, 1.807) is 7.11 Å². The highest BCUT2D eigenvalue weighted by atomic mass is 35.5. The topological polar surface area (TPSA) is 67.4 Å². The molecular weight excluding hydrogens is 268 g/mol. The predicted molar refractivity (Wildman–Crippen MR) is 73.6 cm³/mol. The van der Waals surface area contributed by atoms with E-state index < -0.39 is 17.3 Å². The van der Waals surface area contributed by atoms with E-state index in [0.717, 1.165) is 11.3 Å². The largest absolute Gasteiger partial charge is 0.497 e. The second kappa shape index (κ2) is 7.63. The van der Waals surface area contributed by atoms with Crippen molar-refractivity contribution in [3.63, 3.8) is 0 Å². The molecule has 1 aromatic carbocycles. The molecule has 0 bridgehead atoms. The second-order valence-electron chi connectivity index (χ2n) is 3.96. The van der Waals surface area contributed by atoms with Crippen molar-refractivity contribution in [2.75, 3.05) is 13.7 Å². The third-order valence-corrected chi connectivity index (χ3v) is 2.65. The van der Waals surface area contributed by atoms with Gasteiger partial charge >= 0.3 is 6.03 Å². The van der Waals surface area contributed by atoms with E-state index in [2.05, 4.69) is 10.6 Å². The molecular formula is C13H17ClN2O3. The first kappa shape index (κ1) is 15.3. The second-order valence-corrected chi connectivity index (χ2v) is 4.61. The van der Waals surface area contributed by atoms with E-state index in [9.17, 15) is 9.59 Å². The zero-order valence-corrected chi connectivity index (χ0v) is 11.7. The van der Waals surface area contributed by atoms with Crippen LogP contribution in [0, 0.1) is 0 Å². The maximum absolute atomic E-state index is 11.3. The highest BCUT2D eigenvalue weighted by Gasteiger charge is 2.12. The van der Waals surface area contributed by atoms with E-state index in [0.29, 0.717) is 13.0 Å². The molecule has 1 atom stereocenters. The number of urea groups is 1. The Hall–Kier alpha value is -1.75. The Bertz CT molecular complexity index is 432. The smallest absolute Gasteiger partial charge is 0.321 e. The lowest BCUT2D eigenvalue weighted by Gasteiger charge is -2.08. The third-order valence-electron chi connectivity index (χ3n) is 2.46. The molecule has 0 aliphatic heterocycles. The van der Waals surface area contributed by atoms with Crippen LogP contribution in [0.5, 0.6) is 5.75 Å². The summed E-state index contributed by atoms with van der Waals surface area (Å²) in [5.41, 5.74) is 1.07. The van der Waals surface area contributed by atoms with E-state index in [1.165, 1.54) is 6.92 Å². The van der Waals surface area contributed by atoms with Crippen molar-refractivity contribution in [3.05, 3.63) is 29.8 Å². The molecule has 6 heteroatoms. The minimum Gasteiger partial charge on any atom is -0.497 e. The molecule has 0 aliphatic carbocycles. The summed E-state index contributed by atoms with van der Waals surface area (Å²) in [5.74, 6) is 0.278. The summed E-state index contributed by atoms with van der Waals surface area (Å²) >= 11 is 5.53. The number of alkyl halides is 1. The third kappa shape index (κ3) is 5.61. The molecule has 1 unspecified atom stereocenters. The van der Waals surface area contributed by atoms with Gasteiger partial charge in [0.05, 0.1) is 7.11 Å². The van der Waals surface area contributed by atoms with Gasteiger partial charge in [0.1, 0.15) is 11.1 Å². The maximum Gasteiger partial charge on any atom is 0.321 e. The zero-order chi connectivity index (χ0) is 14.3. The molecule has 0 saturated heterocycles. The lowest BCUT2D eigenvalue weighted by atomic mass is 10.1. The summed E-state index contributed by atoms with van der Waals surface area (Å²) in [7, 11) is 1.61. The minimum atomic E-state index is -0.729. The van der Waals surface area contributed by atoms with E-state index >= 15 is 0 Å². The normalized spacial score (nSPS) is 11.5. The number of halogens is 1. The molecule has 0 radical (unpaired) electrons. The van der Waals surface area contributed by atoms with E-state index in [4.69, 9.17) is 16.3 Å². The number of hydrogen-bond acceptors (Lipinski definition) is 3. The van der Waals surface area contributed by atoms with Crippen LogP contribution >= 0.6 is 11.6 Å². The van der Waals surface area contributed by atoms with Crippen LogP contribution in [0.15, 0.2) is 24.3 Å². The molecule has 0 fully saturated rings. The fourth-order valence-electron chi connectivity index (χ4n) is 1.37. The van der Waals surface area contributed by atoms with Crippen LogP contribution in [-0.4, -0.2) is 31.0 Å². The van der Waals surface area contributed by atoms with Crippen LogP contribution in [-0.2, 0) is 11.2 Å². The number of methoxy groups -OCH3 is 1. The predicted octanol–water partition coefficient (Wildman–Crippen LogP) is 1.69. The molecule has 3 amide bonds. The van der Waals surface area contributed by atoms with Crippen LogP contribution in [0.25, 0.3) is 0 Å². The standard InChI is InChI=1S/C13H17ClN2O3/c1-9(14)12(17)16-13(18)15-8-7-10-3-5-11(19-2)6-4-10/h3-6,9H,7-8H2,1-2H3,(H2,15,16,17,18). The summed E-state index contributed by atoms with van der Waals surface area (Å²) in [6, 6.07) is 7.02. The van der Waals surface area contributed by atoms with Crippen LogP contribution in [0.1, 0.15) is 12.5 Å². The summed E-state index contributed by atoms with van der Waals surface area (Å²) in [6.07, 6.45) is 0.669. The van der Waals surface area contributed by atoms with E-state index in [-0.39, 0.29) is 0 Å². The average molecular weight is 285 g/mol. The fraction of sp³-hybridized carbons (Fsp3) is 0.385. The molecule has 2 N–H and O–H groups in total. The number of imide groups is 1. The zero-order valence-electron chi connectivity index (χ0n) is 10.9. The molecule has 1 aromatic rings. The van der Waals surface area contributed by atoms with Gasteiger partial charge in [0.25, 0.3) is 0 Å². The number of ether oxygens (including phenoxy) is 1. The van der Waals surface area contributed by atoms with Gasteiger partial charge in [-0.15, -0.1) is 11.6 Å². The Morgan fingerprint density at radius 2 is 1.95 bits per heavy atom. The van der Waals surface area contributed by atoms with Gasteiger partial charge in [0, 0.05) is 6.54 Å². The summed E-state index contributed by atoms with van der Waals surface area (Å²) in [4.78, 5) is 22.5. The van der Waals surface area contributed by atoms with Gasteiger partial charge in [-0.05, 0) is 31.0 Å². The van der Waals surface area contributed by atoms with Crippen molar-refractivity contribution in [2.45, 2.75) is 18.7 Å². The lowest BCUT2D eigenvalue weighted by Crippen LogP contribution is -2.42. The Labute approximate surface area is 117 Å². The van der Waals surface area contributed by atoms with Crippen LogP contribution in [0.4, 0.5) is 4.79 Å². The van der Waals surface area contributed by atoms with Gasteiger partial charge in [-0.25, -0.2) is 4.79 Å². The maximum atomic E-state index is 11.3. The number of hydrogen-bond donors (Lipinski definition) is 2. The monoisotopic (exact) mass is 284 g/mol. The molecule has 0 aliphatic rings. The van der Waals surface area contributed by atoms with Crippen molar-refractivity contribution in [3.8, 4) is 5.75 Å². The number of amides is 3. The average Bonchev–Trinajstić information content (AvgIpc) is 2.39. The molecule has 0 heterocycles. The fourth-order valence-corrected chi connectivity index (χ4v) is 1.42. The Balaban J connectivity index is 2.29. The minimum absolute atomic E-state index is 0.433. The molecule has 0 spiro atoms. The van der Waals surface area contributed by atoms with Crippen molar-refractivity contribution < 1.29 is 14.3 Å². The van der Waals surface area contributed by atoms with Crippen LogP contribution in [0.2, 0.25) is 0 Å². The highest BCUT2D eigenvalue weighted by molar-refractivity contribution is 6.31. The Morgan fingerprint density at radius 3 is 2.47 bits per heavy atom. The molecule has 1 rings (SSSR count). The highest BCUT2D eigenvalue weighted by Crippen LogP contribution is 2.11. The van der Waals surface area contributed by atoms with Gasteiger partial charge in [0.15, 0.2) is 0 Å². The van der Waals surface area contributed by atoms with Crippen molar-refractivity contribution in [1.82, 2.24) is 10.6 Å². The summed E-state index contributed by atoms with van der Waals surface area (Å²) in [6.45, 7) is 1.93. The lowest BCUT2D eigenvalue weighted by molar-refractivity contribution is -0.119. The summed E-state index contributed by atoms with van der Waals surface area (Å²) in [5, 5.41) is 4.00. The van der Waals surface area contributed by atoms with Gasteiger partial charge in [0.2, 0.25) is 5.91 Å². The first-order valence-electron chi connectivity index (χ1n) is 5.88. The molecule has 0 aromatic heterocycles. The van der Waals surface area contributed by atoms with Crippen LogP contribution in [0.3, 0.4) is 0 Å². The van der Waals surface area contributed by atoms with Crippen molar-refractivity contribution in [2.24, 2.45) is 0 Å². The van der Waals surface area contributed by atoms with Gasteiger partial charge in [-0.3, -0.25) is 10.1 Å². The number of carbonyl (C=O) groups is 2. The van der Waals surface area contributed by atoms with Gasteiger partial charge in [-0.2, -0.15) is 0 Å². The van der Waals surface area contributed by atoms with Crippen molar-refractivity contribution in [1.29, 1.82) is 0 Å². The van der Waals surface area contributed by atoms with Gasteiger partial charge in [-0.1, -0.05) is 12.1 Å². The Morgan fingerprint density at radius 1 is 1.32 bits per heavy atom. The van der Waals surface area contributed by atoms with Gasteiger partial charge < -0.3 is 10.1 Å². The van der Waals surface area contributed by atoms with Crippen LogP contribution < -0.4 is 15.4 Å². The Kier molecular flexibility index (Phi) is 6.15. The number of rotatable bonds is 5. The first-order valence-corrected chi connectivity index (χ1v) is 6.32. The molecule has 104 valence electrons. The van der Waals surface area contributed by atoms with Crippen molar-refractivity contribution >= 4 is 23.5 Å². The molecule has 19 heavy (non-hydrogen) atoms. The molecule has 5 nitrogen and oxygen atoms in total. The number of carbonyl (C=O) groups excluding carboxylic acids is 2.